The van der Waals surface area contributed by atoms with Crippen molar-refractivity contribution in [2.75, 3.05) is 11.1 Å². The summed E-state index contributed by atoms with van der Waals surface area (Å²) in [6.07, 6.45) is 2.03. The minimum Gasteiger partial charge on any atom is -0.459 e. The molecule has 1 amide bonds. The maximum Gasteiger partial charge on any atom is 0.290 e. The highest BCUT2D eigenvalue weighted by molar-refractivity contribution is 6.04. The number of aliphatic hydroxyl groups is 1. The van der Waals surface area contributed by atoms with Crippen molar-refractivity contribution in [1.82, 2.24) is 0 Å². The molecule has 0 radical (unpaired) electrons. The molecule has 4 N–H and O–H groups in total. The summed E-state index contributed by atoms with van der Waals surface area (Å²) >= 11 is 0. The lowest BCUT2D eigenvalue weighted by Gasteiger charge is -2.31. The Balaban J connectivity index is 1.66. The van der Waals surface area contributed by atoms with Crippen LogP contribution in [-0.4, -0.2) is 17.3 Å². The Morgan fingerprint density at radius 1 is 1.21 bits per heavy atom. The quantitative estimate of drug-likeness (QED) is 0.619. The van der Waals surface area contributed by atoms with Crippen molar-refractivity contribution in [3.63, 3.8) is 0 Å². The molecule has 0 saturated heterocycles. The Morgan fingerprint density at radius 2 is 1.90 bits per heavy atom. The fourth-order valence-electron chi connectivity index (χ4n) is 3.13. The van der Waals surface area contributed by atoms with Gasteiger partial charge < -0.3 is 25.6 Å². The second kappa shape index (κ2) is 9.58. The van der Waals surface area contributed by atoms with Crippen LogP contribution >= 0.6 is 0 Å². The number of nitrogen functional groups attached to an aromatic ring is 1. The molecule has 2 aromatic rings. The van der Waals surface area contributed by atoms with E-state index in [0.717, 1.165) is 11.1 Å². The fourth-order valence-corrected chi connectivity index (χ4v) is 3.13. The van der Waals surface area contributed by atoms with Crippen LogP contribution in [0.5, 0.6) is 0 Å². The number of benzene rings is 2. The summed E-state index contributed by atoms with van der Waals surface area (Å²) in [5.41, 5.74) is 8.79. The van der Waals surface area contributed by atoms with Gasteiger partial charge in [-0.15, -0.1) is 0 Å². The van der Waals surface area contributed by atoms with E-state index in [1.165, 1.54) is 0 Å². The minimum absolute atomic E-state index is 0.0120. The van der Waals surface area contributed by atoms with E-state index in [2.05, 4.69) is 19.2 Å². The summed E-state index contributed by atoms with van der Waals surface area (Å²) in [7, 11) is 0. The first-order valence-corrected chi connectivity index (χ1v) is 9.81. The first kappa shape index (κ1) is 20.9. The molecule has 2 unspecified atom stereocenters. The molecule has 0 aliphatic carbocycles. The number of anilines is 2. The van der Waals surface area contributed by atoms with Gasteiger partial charge in [0.15, 0.2) is 5.76 Å². The van der Waals surface area contributed by atoms with Gasteiger partial charge in [0.05, 0.1) is 24.6 Å². The molecule has 0 aromatic heterocycles. The highest BCUT2D eigenvalue weighted by Crippen LogP contribution is 2.30. The molecular weight excluding hydrogens is 368 g/mol. The van der Waals surface area contributed by atoms with Gasteiger partial charge in [-0.2, -0.15) is 0 Å². The number of carbonyl (C=O) groups is 1. The second-order valence-electron chi connectivity index (χ2n) is 7.55. The average Bonchev–Trinajstić information content (AvgIpc) is 2.74. The molecule has 0 fully saturated rings. The standard InChI is InChI=1S/C23H28N2O4/c1-15(2)18-11-21(23(27)25-20-6-4-3-5-19(20)24)29-22(12-18)28-14-17-9-7-16(13-26)8-10-17/h3-11,15,18,22,26H,12-14,24H2,1-2H3,(H,25,27). The molecule has 0 spiro atoms. The largest absolute Gasteiger partial charge is 0.459 e. The predicted molar refractivity (Wildman–Crippen MR) is 113 cm³/mol. The van der Waals surface area contributed by atoms with Crippen molar-refractivity contribution in [3.8, 4) is 0 Å². The molecule has 29 heavy (non-hydrogen) atoms. The number of ether oxygens (including phenoxy) is 2. The SMILES string of the molecule is CC(C)C1C=C(C(=O)Nc2ccccc2N)OC(OCc2ccc(CO)cc2)C1. The molecule has 1 aliphatic heterocycles. The van der Waals surface area contributed by atoms with Crippen LogP contribution < -0.4 is 11.1 Å². The van der Waals surface area contributed by atoms with Crippen molar-refractivity contribution in [1.29, 1.82) is 0 Å². The van der Waals surface area contributed by atoms with E-state index in [-0.39, 0.29) is 24.2 Å². The van der Waals surface area contributed by atoms with E-state index in [1.54, 1.807) is 12.1 Å². The zero-order valence-electron chi connectivity index (χ0n) is 16.8. The molecule has 2 aromatic carbocycles. The third-order valence-corrected chi connectivity index (χ3v) is 5.02. The highest BCUT2D eigenvalue weighted by Gasteiger charge is 2.29. The number of rotatable bonds is 7. The number of allylic oxidation sites excluding steroid dienone is 1. The first-order chi connectivity index (χ1) is 14.0. The van der Waals surface area contributed by atoms with Crippen LogP contribution in [0.15, 0.2) is 60.4 Å². The summed E-state index contributed by atoms with van der Waals surface area (Å²) in [5, 5.41) is 12.0. The molecule has 6 nitrogen and oxygen atoms in total. The van der Waals surface area contributed by atoms with Gasteiger partial charge in [0.25, 0.3) is 5.91 Å². The number of nitrogens with one attached hydrogen (secondary N) is 1. The van der Waals surface area contributed by atoms with Gasteiger partial charge in [0.1, 0.15) is 0 Å². The Bertz CT molecular complexity index is 861. The summed E-state index contributed by atoms with van der Waals surface area (Å²) in [5.74, 6) is 0.422. The lowest BCUT2D eigenvalue weighted by molar-refractivity contribution is -0.152. The predicted octanol–water partition coefficient (Wildman–Crippen LogP) is 3.82. The number of amides is 1. The van der Waals surface area contributed by atoms with E-state index in [1.807, 2.05) is 42.5 Å². The van der Waals surface area contributed by atoms with E-state index in [4.69, 9.17) is 20.3 Å². The van der Waals surface area contributed by atoms with E-state index < -0.39 is 6.29 Å². The van der Waals surface area contributed by atoms with Crippen molar-refractivity contribution < 1.29 is 19.4 Å². The molecule has 1 heterocycles. The molecular formula is C23H28N2O4. The molecule has 2 atom stereocenters. The molecule has 1 aliphatic rings. The maximum atomic E-state index is 12.7. The van der Waals surface area contributed by atoms with Crippen LogP contribution in [0.4, 0.5) is 11.4 Å². The van der Waals surface area contributed by atoms with Gasteiger partial charge in [0, 0.05) is 6.42 Å². The van der Waals surface area contributed by atoms with Crippen LogP contribution in [0.25, 0.3) is 0 Å². The number of hydrogen-bond acceptors (Lipinski definition) is 5. The van der Waals surface area contributed by atoms with Crippen molar-refractivity contribution in [3.05, 3.63) is 71.5 Å². The topological polar surface area (TPSA) is 93.8 Å². The molecule has 0 bridgehead atoms. The Hall–Kier alpha value is -2.83. The van der Waals surface area contributed by atoms with Crippen LogP contribution in [-0.2, 0) is 27.5 Å². The summed E-state index contributed by atoms with van der Waals surface area (Å²) in [6, 6.07) is 14.7. The normalized spacial score (nSPS) is 18.8. The van der Waals surface area contributed by atoms with Crippen LogP contribution in [0.1, 0.15) is 31.4 Å². The monoisotopic (exact) mass is 396 g/mol. The Morgan fingerprint density at radius 3 is 2.55 bits per heavy atom. The average molecular weight is 396 g/mol. The smallest absolute Gasteiger partial charge is 0.290 e. The molecule has 3 rings (SSSR count). The zero-order chi connectivity index (χ0) is 20.8. The Kier molecular flexibility index (Phi) is 6.90. The third kappa shape index (κ3) is 5.59. The molecule has 154 valence electrons. The van der Waals surface area contributed by atoms with Crippen molar-refractivity contribution in [2.24, 2.45) is 11.8 Å². The fraction of sp³-hybridized carbons (Fsp3) is 0.348. The summed E-state index contributed by atoms with van der Waals surface area (Å²) < 4.78 is 11.8. The van der Waals surface area contributed by atoms with Gasteiger partial charge in [-0.25, -0.2) is 0 Å². The molecule has 0 saturated carbocycles. The third-order valence-electron chi connectivity index (χ3n) is 5.02. The lowest BCUT2D eigenvalue weighted by Crippen LogP contribution is -2.31. The van der Waals surface area contributed by atoms with Crippen LogP contribution in [0.3, 0.4) is 0 Å². The first-order valence-electron chi connectivity index (χ1n) is 9.81. The van der Waals surface area contributed by atoms with Gasteiger partial charge in [-0.05, 0) is 41.2 Å². The number of carbonyl (C=O) groups excluding carboxylic acids is 1. The van der Waals surface area contributed by atoms with Gasteiger partial charge >= 0.3 is 0 Å². The lowest BCUT2D eigenvalue weighted by atomic mass is 9.90. The minimum atomic E-state index is -0.515. The number of para-hydroxylation sites is 2. The van der Waals surface area contributed by atoms with E-state index in [0.29, 0.717) is 30.3 Å². The maximum absolute atomic E-state index is 12.7. The van der Waals surface area contributed by atoms with Crippen LogP contribution in [0.2, 0.25) is 0 Å². The van der Waals surface area contributed by atoms with Crippen LogP contribution in [0, 0.1) is 11.8 Å². The summed E-state index contributed by atoms with van der Waals surface area (Å²) in [6.45, 7) is 4.60. The highest BCUT2D eigenvalue weighted by atomic mass is 16.7. The van der Waals surface area contributed by atoms with Crippen molar-refractivity contribution >= 4 is 17.3 Å². The number of aliphatic hydroxyl groups excluding tert-OH is 1. The van der Waals surface area contributed by atoms with E-state index >= 15 is 0 Å². The van der Waals surface area contributed by atoms with Gasteiger partial charge in [-0.1, -0.05) is 50.2 Å². The van der Waals surface area contributed by atoms with Gasteiger partial charge in [0.2, 0.25) is 6.29 Å². The second-order valence-corrected chi connectivity index (χ2v) is 7.55. The Labute approximate surface area is 171 Å². The molecule has 6 heteroatoms. The van der Waals surface area contributed by atoms with Gasteiger partial charge in [-0.3, -0.25) is 4.79 Å². The summed E-state index contributed by atoms with van der Waals surface area (Å²) in [4.78, 5) is 12.7. The number of hydrogen-bond donors (Lipinski definition) is 3. The van der Waals surface area contributed by atoms with E-state index in [9.17, 15) is 4.79 Å². The van der Waals surface area contributed by atoms with Crippen molar-refractivity contribution in [2.45, 2.75) is 39.8 Å². The zero-order valence-corrected chi connectivity index (χ0v) is 16.8. The number of nitrogens with two attached hydrogens (primary N) is 1.